The maximum absolute atomic E-state index is 13.2. The molecule has 5 rings (SSSR count). The van der Waals surface area contributed by atoms with Gasteiger partial charge in [0.2, 0.25) is 0 Å². The van der Waals surface area contributed by atoms with E-state index in [4.69, 9.17) is 9.47 Å². The number of likely N-dealkylation sites (tertiary alicyclic amines) is 1. The monoisotopic (exact) mass is 453 g/mol. The Morgan fingerprint density at radius 1 is 0.912 bits per heavy atom. The van der Waals surface area contributed by atoms with Crippen LogP contribution in [0, 0.1) is 5.92 Å². The summed E-state index contributed by atoms with van der Waals surface area (Å²) < 4.78 is 11.6. The Balaban J connectivity index is 1.24. The molecule has 1 saturated heterocycles. The number of hydrogen-bond acceptors (Lipinski definition) is 4. The molecule has 0 atom stereocenters. The van der Waals surface area contributed by atoms with Crippen molar-refractivity contribution in [2.45, 2.75) is 32.4 Å². The van der Waals surface area contributed by atoms with Crippen LogP contribution < -0.4 is 9.47 Å². The lowest BCUT2D eigenvalue weighted by Crippen LogP contribution is -2.32. The molecule has 0 radical (unpaired) electrons. The van der Waals surface area contributed by atoms with Crippen LogP contribution in [0.15, 0.2) is 84.4 Å². The average molecular weight is 454 g/mol. The highest BCUT2D eigenvalue weighted by atomic mass is 16.5. The van der Waals surface area contributed by atoms with Gasteiger partial charge in [-0.1, -0.05) is 66.7 Å². The molecule has 0 aromatic heterocycles. The van der Waals surface area contributed by atoms with E-state index in [-0.39, 0.29) is 5.78 Å². The zero-order chi connectivity index (χ0) is 23.3. The third kappa shape index (κ3) is 5.07. The highest BCUT2D eigenvalue weighted by Gasteiger charge is 2.29. The molecule has 0 amide bonds. The van der Waals surface area contributed by atoms with Crippen molar-refractivity contribution < 1.29 is 14.3 Å². The summed E-state index contributed by atoms with van der Waals surface area (Å²) >= 11 is 0. The third-order valence-corrected chi connectivity index (χ3v) is 6.86. The fourth-order valence-electron chi connectivity index (χ4n) is 4.96. The highest BCUT2D eigenvalue weighted by Crippen LogP contribution is 2.38. The van der Waals surface area contributed by atoms with Crippen molar-refractivity contribution in [3.8, 4) is 11.5 Å². The fraction of sp³-hybridized carbons (Fsp3) is 0.300. The summed E-state index contributed by atoms with van der Waals surface area (Å²) in [6.07, 6.45) is 5.09. The summed E-state index contributed by atoms with van der Waals surface area (Å²) in [7, 11) is 1.62. The molecule has 34 heavy (non-hydrogen) atoms. The van der Waals surface area contributed by atoms with Gasteiger partial charge in [0.25, 0.3) is 0 Å². The summed E-state index contributed by atoms with van der Waals surface area (Å²) in [5.41, 5.74) is 5.15. The molecular formula is C30H31NO3. The number of Topliss-reactive ketones (excluding diaryl/α,β-unsaturated/α-hetero) is 1. The van der Waals surface area contributed by atoms with Crippen molar-refractivity contribution in [1.29, 1.82) is 0 Å². The summed E-state index contributed by atoms with van der Waals surface area (Å²) in [5, 5.41) is 0. The van der Waals surface area contributed by atoms with Gasteiger partial charge in [0, 0.05) is 24.1 Å². The van der Waals surface area contributed by atoms with Gasteiger partial charge < -0.3 is 9.47 Å². The highest BCUT2D eigenvalue weighted by molar-refractivity contribution is 6.13. The number of benzene rings is 3. The van der Waals surface area contributed by atoms with Gasteiger partial charge in [-0.3, -0.25) is 9.69 Å². The molecule has 3 aromatic carbocycles. The number of nitrogens with zero attached hydrogens (tertiary/aromatic N) is 1. The molecule has 0 spiro atoms. The van der Waals surface area contributed by atoms with Gasteiger partial charge in [0.1, 0.15) is 6.61 Å². The van der Waals surface area contributed by atoms with Crippen LogP contribution in [0.3, 0.4) is 0 Å². The molecule has 4 heteroatoms. The lowest BCUT2D eigenvalue weighted by atomic mass is 9.93. The lowest BCUT2D eigenvalue weighted by Gasteiger charge is -2.30. The Hall–Kier alpha value is -3.37. The normalized spacial score (nSPS) is 17.7. The van der Waals surface area contributed by atoms with E-state index in [1.165, 1.54) is 5.56 Å². The van der Waals surface area contributed by atoms with E-state index in [0.717, 1.165) is 54.7 Å². The number of ketones is 1. The molecule has 1 aliphatic carbocycles. The van der Waals surface area contributed by atoms with Gasteiger partial charge in [-0.05, 0) is 60.7 Å². The minimum absolute atomic E-state index is 0.134. The number of methoxy groups -OCH3 is 1. The zero-order valence-corrected chi connectivity index (χ0v) is 19.7. The second-order valence-corrected chi connectivity index (χ2v) is 9.23. The molecule has 1 heterocycles. The predicted molar refractivity (Wildman–Crippen MR) is 134 cm³/mol. The van der Waals surface area contributed by atoms with Crippen LogP contribution in [-0.2, 0) is 19.6 Å². The number of hydrogen-bond donors (Lipinski definition) is 0. The van der Waals surface area contributed by atoms with Gasteiger partial charge in [-0.2, -0.15) is 0 Å². The molecule has 0 unspecified atom stereocenters. The first-order chi connectivity index (χ1) is 16.7. The van der Waals surface area contributed by atoms with E-state index in [2.05, 4.69) is 41.3 Å². The van der Waals surface area contributed by atoms with Crippen LogP contribution in [0.25, 0.3) is 0 Å². The van der Waals surface area contributed by atoms with E-state index in [1.54, 1.807) is 7.11 Å². The molecular weight excluding hydrogens is 422 g/mol. The van der Waals surface area contributed by atoms with Crippen molar-refractivity contribution in [1.82, 2.24) is 4.90 Å². The first kappa shape index (κ1) is 22.4. The number of piperidine rings is 1. The molecule has 1 aliphatic heterocycles. The molecule has 0 N–H and O–H groups in total. The summed E-state index contributed by atoms with van der Waals surface area (Å²) in [4.78, 5) is 15.7. The average Bonchev–Trinajstić information content (AvgIpc) is 3.18. The van der Waals surface area contributed by atoms with Crippen LogP contribution in [0.1, 0.15) is 39.9 Å². The maximum Gasteiger partial charge on any atom is 0.189 e. The van der Waals surface area contributed by atoms with E-state index in [1.807, 2.05) is 42.5 Å². The Bertz CT molecular complexity index is 1160. The quantitative estimate of drug-likeness (QED) is 0.421. The SMILES string of the molecule is COc1cc2c(cc1OCc1ccccc1)C/C(=C/C1CCN(Cc3ccccc3)CC1)C2=O. The molecule has 2 aliphatic rings. The minimum atomic E-state index is 0.134. The van der Waals surface area contributed by atoms with Crippen LogP contribution in [0.4, 0.5) is 0 Å². The van der Waals surface area contributed by atoms with Crippen molar-refractivity contribution in [3.05, 3.63) is 107 Å². The summed E-state index contributed by atoms with van der Waals surface area (Å²) in [5.74, 6) is 1.89. The van der Waals surface area contributed by atoms with Crippen molar-refractivity contribution in [2.24, 2.45) is 5.92 Å². The minimum Gasteiger partial charge on any atom is -0.493 e. The number of carbonyl (C=O) groups excluding carboxylic acids is 1. The number of ether oxygens (including phenoxy) is 2. The van der Waals surface area contributed by atoms with Gasteiger partial charge in [0.05, 0.1) is 7.11 Å². The number of rotatable bonds is 7. The Kier molecular flexibility index (Phi) is 6.77. The Morgan fingerprint density at radius 2 is 1.59 bits per heavy atom. The van der Waals surface area contributed by atoms with E-state index in [0.29, 0.717) is 30.4 Å². The molecule has 3 aromatic rings. The smallest absolute Gasteiger partial charge is 0.189 e. The zero-order valence-electron chi connectivity index (χ0n) is 19.7. The topological polar surface area (TPSA) is 38.8 Å². The molecule has 0 saturated carbocycles. The maximum atomic E-state index is 13.2. The molecule has 4 nitrogen and oxygen atoms in total. The standard InChI is InChI=1S/C30H31NO3/c1-33-28-19-27-25(18-29(28)34-21-24-10-6-3-7-11-24)17-26(30(27)32)16-22-12-14-31(15-13-22)20-23-8-4-2-5-9-23/h2-11,16,18-19,22H,12-15,17,20-21H2,1H3/b26-16-. The van der Waals surface area contributed by atoms with Gasteiger partial charge in [0.15, 0.2) is 17.3 Å². The van der Waals surface area contributed by atoms with Crippen LogP contribution in [0.5, 0.6) is 11.5 Å². The largest absolute Gasteiger partial charge is 0.493 e. The fourth-order valence-corrected chi connectivity index (χ4v) is 4.96. The first-order valence-electron chi connectivity index (χ1n) is 12.1. The predicted octanol–water partition coefficient (Wildman–Crippen LogP) is 5.85. The van der Waals surface area contributed by atoms with Gasteiger partial charge in [-0.15, -0.1) is 0 Å². The Morgan fingerprint density at radius 3 is 2.26 bits per heavy atom. The van der Waals surface area contributed by atoms with Crippen molar-refractivity contribution in [2.75, 3.05) is 20.2 Å². The Labute approximate surface area is 201 Å². The second-order valence-electron chi connectivity index (χ2n) is 9.23. The van der Waals surface area contributed by atoms with Gasteiger partial charge in [-0.25, -0.2) is 0 Å². The van der Waals surface area contributed by atoms with E-state index in [9.17, 15) is 4.79 Å². The van der Waals surface area contributed by atoms with E-state index < -0.39 is 0 Å². The second kappa shape index (κ2) is 10.3. The van der Waals surface area contributed by atoms with Crippen LogP contribution in [0.2, 0.25) is 0 Å². The van der Waals surface area contributed by atoms with Crippen LogP contribution >= 0.6 is 0 Å². The lowest BCUT2D eigenvalue weighted by molar-refractivity contribution is 0.103. The number of fused-ring (bicyclic) bond motifs is 1. The van der Waals surface area contributed by atoms with Crippen LogP contribution in [-0.4, -0.2) is 30.9 Å². The van der Waals surface area contributed by atoms with E-state index >= 15 is 0 Å². The molecule has 0 bridgehead atoms. The third-order valence-electron chi connectivity index (χ3n) is 6.86. The molecule has 1 fully saturated rings. The van der Waals surface area contributed by atoms with Crippen molar-refractivity contribution >= 4 is 5.78 Å². The first-order valence-corrected chi connectivity index (χ1v) is 12.1. The van der Waals surface area contributed by atoms with Gasteiger partial charge >= 0.3 is 0 Å². The summed E-state index contributed by atoms with van der Waals surface area (Å²) in [6, 6.07) is 24.5. The number of carbonyl (C=O) groups is 1. The molecule has 174 valence electrons. The van der Waals surface area contributed by atoms with Crippen molar-refractivity contribution in [3.63, 3.8) is 0 Å². The number of allylic oxidation sites excluding steroid dienone is 2. The summed E-state index contributed by atoms with van der Waals surface area (Å²) in [6.45, 7) is 3.60.